The molecule has 2 heterocycles. The van der Waals surface area contributed by atoms with Crippen LogP contribution in [0, 0.1) is 12.8 Å². The van der Waals surface area contributed by atoms with Gasteiger partial charge in [-0.2, -0.15) is 0 Å². The smallest absolute Gasteiger partial charge is 0.0897 e. The van der Waals surface area contributed by atoms with Crippen molar-refractivity contribution in [3.8, 4) is 0 Å². The predicted molar refractivity (Wildman–Crippen MR) is 87.2 cm³/mol. The third-order valence-corrected chi connectivity index (χ3v) is 4.85. The Morgan fingerprint density at radius 3 is 2.90 bits per heavy atom. The average molecular weight is 295 g/mol. The van der Waals surface area contributed by atoms with E-state index in [4.69, 9.17) is 0 Å². The number of hydrogen-bond donors (Lipinski definition) is 1. The van der Waals surface area contributed by atoms with Crippen molar-refractivity contribution in [1.82, 2.24) is 15.2 Å². The summed E-state index contributed by atoms with van der Waals surface area (Å²) in [6, 6.07) is 1.31. The Hall–Kier alpha value is -0.450. The second kappa shape index (κ2) is 7.53. The van der Waals surface area contributed by atoms with Crippen molar-refractivity contribution in [2.24, 2.45) is 5.92 Å². The van der Waals surface area contributed by atoms with Crippen molar-refractivity contribution in [3.63, 3.8) is 0 Å². The van der Waals surface area contributed by atoms with Crippen LogP contribution in [0.1, 0.15) is 50.7 Å². The van der Waals surface area contributed by atoms with E-state index in [2.05, 4.69) is 48.3 Å². The molecule has 1 fully saturated rings. The quantitative estimate of drug-likeness (QED) is 0.871. The van der Waals surface area contributed by atoms with Crippen LogP contribution in [0.15, 0.2) is 5.38 Å². The van der Waals surface area contributed by atoms with Gasteiger partial charge in [-0.15, -0.1) is 11.3 Å². The number of aryl methyl sites for hydroxylation is 1. The molecule has 0 aliphatic carbocycles. The lowest BCUT2D eigenvalue weighted by molar-refractivity contribution is 0.102. The minimum Gasteiger partial charge on any atom is -0.311 e. The van der Waals surface area contributed by atoms with Gasteiger partial charge >= 0.3 is 0 Å². The predicted octanol–water partition coefficient (Wildman–Crippen LogP) is 3.44. The van der Waals surface area contributed by atoms with Crippen molar-refractivity contribution in [2.45, 2.75) is 65.6 Å². The first-order valence-electron chi connectivity index (χ1n) is 7.97. The molecule has 1 aliphatic heterocycles. The van der Waals surface area contributed by atoms with Crippen LogP contribution in [-0.2, 0) is 6.54 Å². The zero-order valence-electron chi connectivity index (χ0n) is 13.4. The number of thiazole rings is 1. The molecule has 2 atom stereocenters. The Bertz CT molecular complexity index is 402. The van der Waals surface area contributed by atoms with E-state index in [1.165, 1.54) is 36.5 Å². The first-order valence-corrected chi connectivity index (χ1v) is 8.84. The molecule has 0 amide bonds. The maximum absolute atomic E-state index is 4.65. The van der Waals surface area contributed by atoms with Crippen molar-refractivity contribution in [2.75, 3.05) is 13.1 Å². The van der Waals surface area contributed by atoms with E-state index in [0.717, 1.165) is 19.0 Å². The third-order valence-electron chi connectivity index (χ3n) is 4.03. The summed E-state index contributed by atoms with van der Waals surface area (Å²) in [5.41, 5.74) is 1.25. The van der Waals surface area contributed by atoms with Gasteiger partial charge in [0.05, 0.1) is 10.7 Å². The van der Waals surface area contributed by atoms with Gasteiger partial charge in [-0.25, -0.2) is 4.98 Å². The van der Waals surface area contributed by atoms with E-state index >= 15 is 0 Å². The summed E-state index contributed by atoms with van der Waals surface area (Å²) in [7, 11) is 0. The molecule has 2 rings (SSSR count). The van der Waals surface area contributed by atoms with Gasteiger partial charge in [0.2, 0.25) is 0 Å². The normalized spacial score (nSPS) is 24.4. The molecule has 20 heavy (non-hydrogen) atoms. The summed E-state index contributed by atoms with van der Waals surface area (Å²) >= 11 is 1.77. The SMILES string of the molecule is CCCC1CN(Cc2csc(C)n2)C(CC(C)C)CN1. The fourth-order valence-electron chi connectivity index (χ4n) is 3.13. The molecule has 4 heteroatoms. The van der Waals surface area contributed by atoms with Crippen LogP contribution in [0.3, 0.4) is 0 Å². The average Bonchev–Trinajstić information content (AvgIpc) is 2.78. The lowest BCUT2D eigenvalue weighted by atomic mass is 9.97. The van der Waals surface area contributed by atoms with E-state index in [0.29, 0.717) is 12.1 Å². The lowest BCUT2D eigenvalue weighted by Crippen LogP contribution is -2.56. The minimum atomic E-state index is 0.656. The van der Waals surface area contributed by atoms with E-state index in [1.807, 2.05) is 0 Å². The molecule has 0 radical (unpaired) electrons. The molecule has 1 N–H and O–H groups in total. The monoisotopic (exact) mass is 295 g/mol. The summed E-state index contributed by atoms with van der Waals surface area (Å²) in [4.78, 5) is 7.30. The number of piperazine rings is 1. The molecule has 2 unspecified atom stereocenters. The van der Waals surface area contributed by atoms with Crippen LogP contribution >= 0.6 is 11.3 Å². The zero-order chi connectivity index (χ0) is 14.5. The van der Waals surface area contributed by atoms with Crippen molar-refractivity contribution in [1.29, 1.82) is 0 Å². The highest BCUT2D eigenvalue weighted by Crippen LogP contribution is 2.20. The molecule has 1 saturated heterocycles. The fraction of sp³-hybridized carbons (Fsp3) is 0.812. The highest BCUT2D eigenvalue weighted by molar-refractivity contribution is 7.09. The van der Waals surface area contributed by atoms with Gasteiger partial charge in [-0.1, -0.05) is 27.2 Å². The molecular weight excluding hydrogens is 266 g/mol. The van der Waals surface area contributed by atoms with Crippen LogP contribution in [0.2, 0.25) is 0 Å². The molecule has 3 nitrogen and oxygen atoms in total. The number of rotatable bonds is 6. The summed E-state index contributed by atoms with van der Waals surface area (Å²) in [5.74, 6) is 0.754. The Kier molecular flexibility index (Phi) is 6.00. The number of nitrogens with zero attached hydrogens (tertiary/aromatic N) is 2. The molecule has 114 valence electrons. The highest BCUT2D eigenvalue weighted by atomic mass is 32.1. The van der Waals surface area contributed by atoms with Crippen LogP contribution in [0.4, 0.5) is 0 Å². The van der Waals surface area contributed by atoms with E-state index in [-0.39, 0.29) is 0 Å². The number of nitrogens with one attached hydrogen (secondary N) is 1. The summed E-state index contributed by atoms with van der Waals surface area (Å²) in [5, 5.41) is 7.14. The highest BCUT2D eigenvalue weighted by Gasteiger charge is 2.28. The van der Waals surface area contributed by atoms with Gasteiger partial charge in [-0.05, 0) is 25.7 Å². The maximum atomic E-state index is 4.65. The third kappa shape index (κ3) is 4.54. The Morgan fingerprint density at radius 1 is 1.50 bits per heavy atom. The fourth-order valence-corrected chi connectivity index (χ4v) is 3.73. The minimum absolute atomic E-state index is 0.656. The van der Waals surface area contributed by atoms with Crippen LogP contribution < -0.4 is 5.32 Å². The summed E-state index contributed by atoms with van der Waals surface area (Å²) in [6.45, 7) is 12.3. The van der Waals surface area contributed by atoms with E-state index < -0.39 is 0 Å². The topological polar surface area (TPSA) is 28.2 Å². The maximum Gasteiger partial charge on any atom is 0.0897 e. The van der Waals surface area contributed by atoms with Crippen molar-refractivity contribution >= 4 is 11.3 Å². The lowest BCUT2D eigenvalue weighted by Gasteiger charge is -2.41. The Balaban J connectivity index is 2.00. The summed E-state index contributed by atoms with van der Waals surface area (Å²) < 4.78 is 0. The van der Waals surface area contributed by atoms with Gasteiger partial charge in [0, 0.05) is 37.1 Å². The molecule has 1 aromatic rings. The van der Waals surface area contributed by atoms with Crippen LogP contribution in [0.5, 0.6) is 0 Å². The summed E-state index contributed by atoms with van der Waals surface area (Å²) in [6.07, 6.45) is 3.81. The first kappa shape index (κ1) is 15.9. The molecular formula is C16H29N3S. The molecule has 0 saturated carbocycles. The largest absolute Gasteiger partial charge is 0.311 e. The molecule has 0 aromatic carbocycles. The molecule has 0 spiro atoms. The van der Waals surface area contributed by atoms with Crippen molar-refractivity contribution < 1.29 is 0 Å². The molecule has 0 bridgehead atoms. The van der Waals surface area contributed by atoms with E-state index in [9.17, 15) is 0 Å². The Labute approximate surface area is 127 Å². The molecule has 1 aliphatic rings. The van der Waals surface area contributed by atoms with Crippen molar-refractivity contribution in [3.05, 3.63) is 16.1 Å². The number of hydrogen-bond acceptors (Lipinski definition) is 4. The van der Waals surface area contributed by atoms with E-state index in [1.54, 1.807) is 11.3 Å². The number of aromatic nitrogens is 1. The second-order valence-electron chi connectivity index (χ2n) is 6.46. The molecule has 1 aromatic heterocycles. The van der Waals surface area contributed by atoms with Gasteiger partial charge in [-0.3, -0.25) is 4.90 Å². The van der Waals surface area contributed by atoms with Gasteiger partial charge in [0.25, 0.3) is 0 Å². The second-order valence-corrected chi connectivity index (χ2v) is 7.53. The zero-order valence-corrected chi connectivity index (χ0v) is 14.2. The van der Waals surface area contributed by atoms with Gasteiger partial charge < -0.3 is 5.32 Å². The first-order chi connectivity index (χ1) is 9.58. The van der Waals surface area contributed by atoms with Gasteiger partial charge in [0.15, 0.2) is 0 Å². The van der Waals surface area contributed by atoms with Crippen LogP contribution in [-0.4, -0.2) is 35.1 Å². The standard InChI is InChI=1S/C16H29N3S/c1-5-6-14-9-19(10-15-11-20-13(4)18-15)16(8-17-14)7-12(2)3/h11-12,14,16-17H,5-10H2,1-4H3. The van der Waals surface area contributed by atoms with Crippen LogP contribution in [0.25, 0.3) is 0 Å². The Morgan fingerprint density at radius 2 is 2.30 bits per heavy atom. The van der Waals surface area contributed by atoms with Gasteiger partial charge in [0.1, 0.15) is 0 Å².